The molecule has 1 heteroatoms. The minimum Gasteiger partial charge on any atom is -0.306 e. The first-order valence-corrected chi connectivity index (χ1v) is 4.42. The van der Waals surface area contributed by atoms with Crippen molar-refractivity contribution < 1.29 is 0 Å². The minimum absolute atomic E-state index is 0.855. The average molecular weight is 141 g/mol. The van der Waals surface area contributed by atoms with Gasteiger partial charge < -0.3 is 4.90 Å². The quantitative estimate of drug-likeness (QED) is 0.582. The van der Waals surface area contributed by atoms with Crippen molar-refractivity contribution in [1.82, 2.24) is 4.90 Å². The molecule has 1 saturated carbocycles. The fourth-order valence-corrected chi connectivity index (χ4v) is 1.94. The van der Waals surface area contributed by atoms with Crippen molar-refractivity contribution in [2.75, 3.05) is 14.1 Å². The summed E-state index contributed by atoms with van der Waals surface area (Å²) >= 11 is 0. The normalized spacial score (nSPS) is 22.8. The molecule has 0 spiro atoms. The van der Waals surface area contributed by atoms with E-state index in [0.717, 1.165) is 12.0 Å². The topological polar surface area (TPSA) is 3.24 Å². The Balaban J connectivity index is 2.31. The lowest BCUT2D eigenvalue weighted by atomic mass is 9.78. The third-order valence-electron chi connectivity index (χ3n) is 2.78. The average Bonchev–Trinajstić information content (AvgIpc) is 1.76. The van der Waals surface area contributed by atoms with Crippen LogP contribution in [0.25, 0.3) is 0 Å². The van der Waals surface area contributed by atoms with Crippen LogP contribution in [-0.4, -0.2) is 25.0 Å². The Hall–Kier alpha value is -0.0400. The monoisotopic (exact) mass is 141 g/mol. The standard InChI is InChI=1S/C9H19N/c1-4-9(10(2)3)8-6-5-7-8/h8-9H,4-7H2,1-3H3. The van der Waals surface area contributed by atoms with Gasteiger partial charge in [-0.05, 0) is 39.3 Å². The predicted molar refractivity (Wildman–Crippen MR) is 45.1 cm³/mol. The number of hydrogen-bond acceptors (Lipinski definition) is 1. The van der Waals surface area contributed by atoms with Gasteiger partial charge in [0.15, 0.2) is 0 Å². The first-order chi connectivity index (χ1) is 4.75. The Labute approximate surface area is 64.4 Å². The van der Waals surface area contributed by atoms with Crippen LogP contribution in [0.3, 0.4) is 0 Å². The zero-order valence-corrected chi connectivity index (χ0v) is 7.43. The highest BCUT2D eigenvalue weighted by molar-refractivity contribution is 4.81. The van der Waals surface area contributed by atoms with Crippen LogP contribution in [0.4, 0.5) is 0 Å². The highest BCUT2D eigenvalue weighted by Crippen LogP contribution is 2.32. The second-order valence-electron chi connectivity index (χ2n) is 3.63. The fraction of sp³-hybridized carbons (Fsp3) is 1.00. The van der Waals surface area contributed by atoms with Gasteiger partial charge in [0.25, 0.3) is 0 Å². The molecule has 0 N–H and O–H groups in total. The lowest BCUT2D eigenvalue weighted by Crippen LogP contribution is -2.37. The van der Waals surface area contributed by atoms with Crippen molar-refractivity contribution >= 4 is 0 Å². The van der Waals surface area contributed by atoms with Gasteiger partial charge in [0.1, 0.15) is 0 Å². The second-order valence-corrected chi connectivity index (χ2v) is 3.63. The Kier molecular flexibility index (Phi) is 2.72. The summed E-state index contributed by atoms with van der Waals surface area (Å²) in [4.78, 5) is 2.38. The van der Waals surface area contributed by atoms with Crippen molar-refractivity contribution in [3.8, 4) is 0 Å². The van der Waals surface area contributed by atoms with Crippen molar-refractivity contribution in [2.45, 2.75) is 38.6 Å². The van der Waals surface area contributed by atoms with Crippen molar-refractivity contribution in [3.05, 3.63) is 0 Å². The van der Waals surface area contributed by atoms with Gasteiger partial charge in [0.05, 0.1) is 0 Å². The molecule has 60 valence electrons. The summed E-state index contributed by atoms with van der Waals surface area (Å²) in [6.45, 7) is 2.29. The molecule has 0 amide bonds. The fourth-order valence-electron chi connectivity index (χ4n) is 1.94. The first-order valence-electron chi connectivity index (χ1n) is 4.42. The van der Waals surface area contributed by atoms with E-state index in [9.17, 15) is 0 Å². The van der Waals surface area contributed by atoms with Gasteiger partial charge in [-0.25, -0.2) is 0 Å². The smallest absolute Gasteiger partial charge is 0.0115 e. The second kappa shape index (κ2) is 3.38. The van der Waals surface area contributed by atoms with Crippen LogP contribution in [0.1, 0.15) is 32.6 Å². The summed E-state index contributed by atoms with van der Waals surface area (Å²) in [5.74, 6) is 1.01. The molecule has 0 aromatic carbocycles. The molecule has 10 heavy (non-hydrogen) atoms. The van der Waals surface area contributed by atoms with Gasteiger partial charge in [-0.3, -0.25) is 0 Å². The van der Waals surface area contributed by atoms with Gasteiger partial charge in [0, 0.05) is 6.04 Å². The lowest BCUT2D eigenvalue weighted by Gasteiger charge is -2.37. The molecule has 1 aliphatic rings. The van der Waals surface area contributed by atoms with E-state index in [1.165, 1.54) is 25.7 Å². The lowest BCUT2D eigenvalue weighted by molar-refractivity contribution is 0.137. The number of nitrogens with zero attached hydrogens (tertiary/aromatic N) is 1. The summed E-state index contributed by atoms with van der Waals surface area (Å²) < 4.78 is 0. The molecule has 1 nitrogen and oxygen atoms in total. The van der Waals surface area contributed by atoms with Gasteiger partial charge in [-0.15, -0.1) is 0 Å². The number of hydrogen-bond donors (Lipinski definition) is 0. The predicted octanol–water partition coefficient (Wildman–Crippen LogP) is 2.13. The van der Waals surface area contributed by atoms with E-state index in [0.29, 0.717) is 0 Å². The van der Waals surface area contributed by atoms with Crippen LogP contribution in [0, 0.1) is 5.92 Å². The van der Waals surface area contributed by atoms with E-state index in [1.54, 1.807) is 0 Å². The molecule has 0 aliphatic heterocycles. The Bertz CT molecular complexity index is 94.9. The van der Waals surface area contributed by atoms with Gasteiger partial charge in [-0.2, -0.15) is 0 Å². The summed E-state index contributed by atoms with van der Waals surface area (Å²) in [5.41, 5.74) is 0. The van der Waals surface area contributed by atoms with Crippen LogP contribution < -0.4 is 0 Å². The zero-order valence-electron chi connectivity index (χ0n) is 7.43. The van der Waals surface area contributed by atoms with Gasteiger partial charge in [0.2, 0.25) is 0 Å². The van der Waals surface area contributed by atoms with Crippen molar-refractivity contribution in [1.29, 1.82) is 0 Å². The SMILES string of the molecule is CCC(C1CCC1)N(C)C. The van der Waals surface area contributed by atoms with Crippen LogP contribution in [0.15, 0.2) is 0 Å². The van der Waals surface area contributed by atoms with Crippen LogP contribution in [0.5, 0.6) is 0 Å². The molecule has 1 unspecified atom stereocenters. The largest absolute Gasteiger partial charge is 0.306 e. The van der Waals surface area contributed by atoms with E-state index in [-0.39, 0.29) is 0 Å². The van der Waals surface area contributed by atoms with Crippen LogP contribution in [-0.2, 0) is 0 Å². The number of rotatable bonds is 3. The molecule has 0 aromatic rings. The van der Waals surface area contributed by atoms with Crippen molar-refractivity contribution in [2.24, 2.45) is 5.92 Å². The third kappa shape index (κ3) is 1.51. The molecule has 0 bridgehead atoms. The summed E-state index contributed by atoms with van der Waals surface area (Å²) in [6, 6.07) is 0.855. The molecule has 0 saturated heterocycles. The molecule has 0 aromatic heterocycles. The highest BCUT2D eigenvalue weighted by Gasteiger charge is 2.26. The highest BCUT2D eigenvalue weighted by atomic mass is 15.1. The Morgan fingerprint density at radius 3 is 2.10 bits per heavy atom. The Morgan fingerprint density at radius 1 is 1.40 bits per heavy atom. The molecular weight excluding hydrogens is 122 g/mol. The van der Waals surface area contributed by atoms with Crippen LogP contribution in [0.2, 0.25) is 0 Å². The maximum atomic E-state index is 2.38. The van der Waals surface area contributed by atoms with E-state index in [1.807, 2.05) is 0 Å². The summed E-state index contributed by atoms with van der Waals surface area (Å²) in [7, 11) is 4.40. The molecule has 1 fully saturated rings. The van der Waals surface area contributed by atoms with E-state index < -0.39 is 0 Å². The van der Waals surface area contributed by atoms with Gasteiger partial charge >= 0.3 is 0 Å². The third-order valence-corrected chi connectivity index (χ3v) is 2.78. The van der Waals surface area contributed by atoms with E-state index in [2.05, 4.69) is 25.9 Å². The molecule has 0 radical (unpaired) electrons. The minimum atomic E-state index is 0.855. The zero-order chi connectivity index (χ0) is 7.56. The van der Waals surface area contributed by atoms with Gasteiger partial charge in [-0.1, -0.05) is 13.3 Å². The molecule has 1 aliphatic carbocycles. The summed E-state index contributed by atoms with van der Waals surface area (Å²) in [5, 5.41) is 0. The summed E-state index contributed by atoms with van der Waals surface area (Å²) in [6.07, 6.45) is 5.72. The Morgan fingerprint density at radius 2 is 2.00 bits per heavy atom. The molecule has 0 heterocycles. The van der Waals surface area contributed by atoms with E-state index >= 15 is 0 Å². The molecular formula is C9H19N. The van der Waals surface area contributed by atoms with Crippen LogP contribution >= 0.6 is 0 Å². The van der Waals surface area contributed by atoms with E-state index in [4.69, 9.17) is 0 Å². The first kappa shape index (κ1) is 8.06. The molecule has 1 rings (SSSR count). The maximum absolute atomic E-state index is 2.38. The molecule has 1 atom stereocenters. The van der Waals surface area contributed by atoms with Crippen molar-refractivity contribution in [3.63, 3.8) is 0 Å². The maximum Gasteiger partial charge on any atom is 0.0115 e.